The molecule has 2 aromatic heterocycles. The van der Waals surface area contributed by atoms with Crippen molar-refractivity contribution in [2.45, 2.75) is 6.92 Å². The predicted octanol–water partition coefficient (Wildman–Crippen LogP) is 4.53. The van der Waals surface area contributed by atoms with Gasteiger partial charge in [0.2, 0.25) is 0 Å². The lowest BCUT2D eigenvalue weighted by atomic mass is 10.1. The highest BCUT2D eigenvalue weighted by atomic mass is 35.5. The van der Waals surface area contributed by atoms with E-state index in [0.717, 1.165) is 17.7 Å². The van der Waals surface area contributed by atoms with E-state index in [-0.39, 0.29) is 16.3 Å². The maximum Gasteiger partial charge on any atom is 0.339 e. The Balaban J connectivity index is 1.59. The van der Waals surface area contributed by atoms with Gasteiger partial charge in [0.15, 0.2) is 12.3 Å². The summed E-state index contributed by atoms with van der Waals surface area (Å²) in [6, 6.07) is 14.6. The van der Waals surface area contributed by atoms with Crippen molar-refractivity contribution in [2.24, 2.45) is 7.05 Å². The molecule has 9 heteroatoms. The average molecular weight is 453 g/mol. The zero-order valence-corrected chi connectivity index (χ0v) is 18.0. The number of rotatable bonds is 5. The molecule has 1 N–H and O–H groups in total. The van der Waals surface area contributed by atoms with Gasteiger partial charge in [-0.3, -0.25) is 9.48 Å². The van der Waals surface area contributed by atoms with Crippen LogP contribution in [0, 0.1) is 12.7 Å². The number of carbonyl (C=O) groups excluding carboxylic acids is 2. The van der Waals surface area contributed by atoms with Gasteiger partial charge in [-0.2, -0.15) is 5.10 Å². The Morgan fingerprint density at radius 3 is 2.62 bits per heavy atom. The van der Waals surface area contributed by atoms with Crippen molar-refractivity contribution in [2.75, 3.05) is 11.9 Å². The lowest BCUT2D eigenvalue weighted by molar-refractivity contribution is -0.119. The van der Waals surface area contributed by atoms with Gasteiger partial charge in [-0.1, -0.05) is 41.9 Å². The Morgan fingerprint density at radius 2 is 1.91 bits per heavy atom. The lowest BCUT2D eigenvalue weighted by Gasteiger charge is -2.10. The van der Waals surface area contributed by atoms with Gasteiger partial charge in [0.25, 0.3) is 5.91 Å². The molecule has 0 aliphatic carbocycles. The summed E-state index contributed by atoms with van der Waals surface area (Å²) in [6.45, 7) is 1.22. The summed E-state index contributed by atoms with van der Waals surface area (Å²) in [5.41, 5.74) is 3.02. The summed E-state index contributed by atoms with van der Waals surface area (Å²) in [5, 5.41) is 7.44. The third kappa shape index (κ3) is 4.31. The van der Waals surface area contributed by atoms with Crippen LogP contribution >= 0.6 is 11.6 Å². The van der Waals surface area contributed by atoms with E-state index in [1.54, 1.807) is 24.7 Å². The van der Waals surface area contributed by atoms with E-state index in [0.29, 0.717) is 22.4 Å². The third-order valence-electron chi connectivity index (χ3n) is 4.80. The molecule has 0 saturated carbocycles. The van der Waals surface area contributed by atoms with Crippen molar-refractivity contribution >= 4 is 40.2 Å². The molecule has 0 spiro atoms. The van der Waals surface area contributed by atoms with Crippen LogP contribution in [0.25, 0.3) is 22.3 Å². The van der Waals surface area contributed by atoms with E-state index in [1.807, 2.05) is 30.3 Å². The normalized spacial score (nSPS) is 10.9. The van der Waals surface area contributed by atoms with Crippen LogP contribution in [-0.2, 0) is 16.6 Å². The Hall–Kier alpha value is -3.78. The molecule has 2 heterocycles. The number of aromatic nitrogens is 3. The van der Waals surface area contributed by atoms with Crippen LogP contribution in [0.3, 0.4) is 0 Å². The number of ether oxygens (including phenoxy) is 1. The molecule has 0 atom stereocenters. The van der Waals surface area contributed by atoms with E-state index < -0.39 is 24.3 Å². The van der Waals surface area contributed by atoms with Crippen LogP contribution < -0.4 is 5.32 Å². The molecular formula is C23H18ClFN4O3. The van der Waals surface area contributed by atoms with Crippen molar-refractivity contribution in [3.63, 3.8) is 0 Å². The second-order valence-electron chi connectivity index (χ2n) is 7.08. The number of aryl methyl sites for hydroxylation is 2. The largest absolute Gasteiger partial charge is 0.452 e. The van der Waals surface area contributed by atoms with Crippen LogP contribution in [0.4, 0.5) is 10.1 Å². The first-order valence-corrected chi connectivity index (χ1v) is 10.0. The maximum absolute atomic E-state index is 13.2. The van der Waals surface area contributed by atoms with E-state index in [9.17, 15) is 14.0 Å². The highest BCUT2D eigenvalue weighted by molar-refractivity contribution is 6.33. The maximum atomic E-state index is 13.2. The number of nitrogens with zero attached hydrogens (tertiary/aromatic N) is 3. The van der Waals surface area contributed by atoms with Crippen LogP contribution in [-0.4, -0.2) is 33.2 Å². The summed E-state index contributed by atoms with van der Waals surface area (Å²) in [6.07, 6.45) is 0. The van der Waals surface area contributed by atoms with Gasteiger partial charge >= 0.3 is 5.97 Å². The first-order chi connectivity index (χ1) is 15.3. The van der Waals surface area contributed by atoms with Crippen LogP contribution in [0.15, 0.2) is 54.6 Å². The predicted molar refractivity (Wildman–Crippen MR) is 119 cm³/mol. The SMILES string of the molecule is Cc1nn(C)c2nc(-c3ccccc3)cc(C(=O)OCC(=O)Nc3ccc(F)cc3Cl)c12. The highest BCUT2D eigenvalue weighted by Crippen LogP contribution is 2.27. The van der Waals surface area contributed by atoms with Crippen LogP contribution in [0.1, 0.15) is 16.1 Å². The number of carbonyl (C=O) groups is 2. The molecule has 32 heavy (non-hydrogen) atoms. The Morgan fingerprint density at radius 1 is 1.16 bits per heavy atom. The van der Waals surface area contributed by atoms with Crippen molar-refractivity contribution in [3.05, 3.63) is 76.7 Å². The van der Waals surface area contributed by atoms with Crippen molar-refractivity contribution in [1.29, 1.82) is 0 Å². The monoisotopic (exact) mass is 452 g/mol. The molecule has 0 fully saturated rings. The zero-order valence-electron chi connectivity index (χ0n) is 17.2. The molecule has 0 bridgehead atoms. The molecule has 7 nitrogen and oxygen atoms in total. The van der Waals surface area contributed by atoms with Gasteiger partial charge < -0.3 is 10.1 Å². The van der Waals surface area contributed by atoms with Gasteiger partial charge in [0.05, 0.1) is 33.0 Å². The number of benzene rings is 2. The number of esters is 1. The van der Waals surface area contributed by atoms with E-state index >= 15 is 0 Å². The number of hydrogen-bond donors (Lipinski definition) is 1. The minimum absolute atomic E-state index is 0.0407. The van der Waals surface area contributed by atoms with Gasteiger partial charge in [-0.15, -0.1) is 0 Å². The van der Waals surface area contributed by atoms with Crippen LogP contribution in [0.2, 0.25) is 5.02 Å². The standard InChI is InChI=1S/C23H18ClFN4O3/c1-13-21-16(11-19(14-6-4-3-5-7-14)27-22(21)29(2)28-13)23(31)32-12-20(30)26-18-9-8-15(25)10-17(18)24/h3-11H,12H2,1-2H3,(H,26,30). The summed E-state index contributed by atoms with van der Waals surface area (Å²) in [7, 11) is 1.74. The lowest BCUT2D eigenvalue weighted by Crippen LogP contribution is -2.21. The summed E-state index contributed by atoms with van der Waals surface area (Å²) >= 11 is 5.91. The quantitative estimate of drug-likeness (QED) is 0.449. The fraction of sp³-hybridized carbons (Fsp3) is 0.130. The molecule has 0 saturated heterocycles. The second-order valence-corrected chi connectivity index (χ2v) is 7.48. The number of fused-ring (bicyclic) bond motifs is 1. The van der Waals surface area contributed by atoms with Gasteiger partial charge in [-0.25, -0.2) is 14.2 Å². The first kappa shape index (κ1) is 21.5. The number of nitrogens with one attached hydrogen (secondary N) is 1. The molecule has 4 aromatic rings. The minimum atomic E-state index is -0.689. The van der Waals surface area contributed by atoms with Gasteiger partial charge in [-0.05, 0) is 31.2 Å². The molecule has 4 rings (SSSR count). The van der Waals surface area contributed by atoms with E-state index in [2.05, 4.69) is 15.4 Å². The number of hydrogen-bond acceptors (Lipinski definition) is 5. The molecule has 0 unspecified atom stereocenters. The second kappa shape index (κ2) is 8.76. The molecule has 1 amide bonds. The first-order valence-electron chi connectivity index (χ1n) is 9.65. The number of anilines is 1. The minimum Gasteiger partial charge on any atom is -0.452 e. The molecule has 0 radical (unpaired) electrons. The van der Waals surface area contributed by atoms with Crippen LogP contribution in [0.5, 0.6) is 0 Å². The summed E-state index contributed by atoms with van der Waals surface area (Å²) < 4.78 is 20.0. The van der Waals surface area contributed by atoms with Crippen molar-refractivity contribution < 1.29 is 18.7 Å². The summed E-state index contributed by atoms with van der Waals surface area (Å²) in [5.74, 6) is -1.82. The molecule has 162 valence electrons. The van der Waals surface area contributed by atoms with E-state index in [1.165, 1.54) is 6.07 Å². The molecule has 2 aromatic carbocycles. The Bertz CT molecular complexity index is 1340. The Labute approximate surface area is 187 Å². The third-order valence-corrected chi connectivity index (χ3v) is 5.11. The topological polar surface area (TPSA) is 86.1 Å². The number of pyridine rings is 1. The average Bonchev–Trinajstić information content (AvgIpc) is 3.07. The highest BCUT2D eigenvalue weighted by Gasteiger charge is 2.21. The smallest absolute Gasteiger partial charge is 0.339 e. The zero-order chi connectivity index (χ0) is 22.8. The van der Waals surface area contributed by atoms with Gasteiger partial charge in [0, 0.05) is 12.6 Å². The Kier molecular flexibility index (Phi) is 5.87. The number of halogens is 2. The molecular weight excluding hydrogens is 435 g/mol. The van der Waals surface area contributed by atoms with Crippen molar-refractivity contribution in [3.8, 4) is 11.3 Å². The summed E-state index contributed by atoms with van der Waals surface area (Å²) in [4.78, 5) is 29.8. The van der Waals surface area contributed by atoms with Crippen molar-refractivity contribution in [1.82, 2.24) is 14.8 Å². The number of amides is 1. The van der Waals surface area contributed by atoms with Gasteiger partial charge in [0.1, 0.15) is 5.82 Å². The fourth-order valence-electron chi connectivity index (χ4n) is 3.35. The molecule has 0 aliphatic heterocycles. The fourth-order valence-corrected chi connectivity index (χ4v) is 3.56. The van der Waals surface area contributed by atoms with E-state index in [4.69, 9.17) is 16.3 Å². The molecule has 0 aliphatic rings.